The summed E-state index contributed by atoms with van der Waals surface area (Å²) in [5.74, 6) is 0. The minimum absolute atomic E-state index is 0.186. The van der Waals surface area contributed by atoms with E-state index in [1.54, 1.807) is 0 Å². The fourth-order valence-electron chi connectivity index (χ4n) is 1.49. The summed E-state index contributed by atoms with van der Waals surface area (Å²) in [4.78, 5) is 0. The molecule has 0 spiro atoms. The minimum Gasteiger partial charge on any atom is -0.373 e. The Morgan fingerprint density at radius 1 is 1.31 bits per heavy atom. The van der Waals surface area contributed by atoms with E-state index < -0.39 is 0 Å². The zero-order valence-electron chi connectivity index (χ0n) is 8.75. The van der Waals surface area contributed by atoms with Crippen molar-refractivity contribution < 1.29 is 4.74 Å². The second-order valence-corrected chi connectivity index (χ2v) is 5.24. The molecule has 1 aliphatic heterocycles. The van der Waals surface area contributed by atoms with Crippen molar-refractivity contribution in [3.05, 3.63) is 0 Å². The van der Waals surface area contributed by atoms with E-state index in [4.69, 9.17) is 4.74 Å². The zero-order chi connectivity index (χ0) is 9.52. The lowest BCUT2D eigenvalue weighted by molar-refractivity contribution is 0.167. The van der Waals surface area contributed by atoms with Gasteiger partial charge < -0.3 is 4.74 Å². The Hall–Kier alpha value is 0.310. The second kappa shape index (κ2) is 6.72. The average Bonchev–Trinajstić information content (AvgIpc) is 2.19. The maximum absolute atomic E-state index is 5.48. The third kappa shape index (κ3) is 3.90. The quantitative estimate of drug-likeness (QED) is 0.693. The lowest BCUT2D eigenvalue weighted by Gasteiger charge is -2.34. The summed E-state index contributed by atoms with van der Waals surface area (Å²) in [6, 6.07) is 0. The van der Waals surface area contributed by atoms with Crippen LogP contribution < -0.4 is 5.09 Å². The molecule has 13 heavy (non-hydrogen) atoms. The summed E-state index contributed by atoms with van der Waals surface area (Å²) in [6.45, 7) is 8.79. The highest BCUT2D eigenvalue weighted by Crippen LogP contribution is 2.37. The molecule has 0 radical (unpaired) electrons. The topological polar surface area (TPSA) is 24.5 Å². The molecule has 0 bridgehead atoms. The highest BCUT2D eigenvalue weighted by molar-refractivity contribution is 7.52. The fraction of sp³-hybridized carbons (Fsp3) is 1.00. The van der Waals surface area contributed by atoms with E-state index in [2.05, 4.69) is 23.6 Å². The van der Waals surface area contributed by atoms with Gasteiger partial charge in [-0.05, 0) is 12.8 Å². The predicted molar refractivity (Wildman–Crippen MR) is 57.9 cm³/mol. The molecule has 1 saturated heterocycles. The van der Waals surface area contributed by atoms with Gasteiger partial charge in [-0.15, -0.1) is 0 Å². The molecule has 0 aliphatic carbocycles. The van der Waals surface area contributed by atoms with E-state index in [-0.39, 0.29) is 8.22 Å². The lowest BCUT2D eigenvalue weighted by atomic mass is 10.4. The van der Waals surface area contributed by atoms with Gasteiger partial charge in [-0.1, -0.05) is 13.8 Å². The molecule has 1 N–H and O–H groups in total. The number of nitrogens with zero attached hydrogens (tertiary/aromatic N) is 1. The van der Waals surface area contributed by atoms with Crippen LogP contribution in [0.2, 0.25) is 0 Å². The van der Waals surface area contributed by atoms with Gasteiger partial charge in [0.25, 0.3) is 0 Å². The van der Waals surface area contributed by atoms with Gasteiger partial charge in [-0.3, -0.25) is 9.76 Å². The summed E-state index contributed by atoms with van der Waals surface area (Å²) in [7, 11) is -0.186. The van der Waals surface area contributed by atoms with Gasteiger partial charge in [-0.25, -0.2) is 0 Å². The van der Waals surface area contributed by atoms with Gasteiger partial charge in [0.15, 0.2) is 0 Å². The van der Waals surface area contributed by atoms with Crippen LogP contribution in [0.3, 0.4) is 0 Å². The largest absolute Gasteiger partial charge is 0.373 e. The normalized spacial score (nSPS) is 23.8. The standard InChI is InChI=1S/C9H21N2OP/c1-3-6-11(7-4-2)13-9-12-8-5-10-13/h10H,3-9H2,1-2H3. The van der Waals surface area contributed by atoms with Crippen LogP contribution in [0.5, 0.6) is 0 Å². The van der Waals surface area contributed by atoms with Crippen molar-refractivity contribution in [1.82, 2.24) is 9.76 Å². The third-order valence-corrected chi connectivity index (χ3v) is 4.16. The summed E-state index contributed by atoms with van der Waals surface area (Å²) in [5.41, 5.74) is 0. The Morgan fingerprint density at radius 2 is 2.00 bits per heavy atom. The van der Waals surface area contributed by atoms with E-state index >= 15 is 0 Å². The zero-order valence-corrected chi connectivity index (χ0v) is 9.65. The van der Waals surface area contributed by atoms with Gasteiger partial charge >= 0.3 is 0 Å². The smallest absolute Gasteiger partial charge is 0.0934 e. The number of nitrogens with one attached hydrogen (secondary N) is 1. The number of hydrogen-bond acceptors (Lipinski definition) is 3. The molecule has 1 aliphatic rings. The Kier molecular flexibility index (Phi) is 5.88. The molecule has 1 fully saturated rings. The molecule has 1 unspecified atom stereocenters. The summed E-state index contributed by atoms with van der Waals surface area (Å²) in [6.07, 6.45) is 3.39. The first-order valence-electron chi connectivity index (χ1n) is 5.22. The van der Waals surface area contributed by atoms with Crippen molar-refractivity contribution in [2.45, 2.75) is 26.7 Å². The van der Waals surface area contributed by atoms with Crippen LogP contribution >= 0.6 is 8.22 Å². The van der Waals surface area contributed by atoms with E-state index in [9.17, 15) is 0 Å². The van der Waals surface area contributed by atoms with Crippen molar-refractivity contribution in [2.75, 3.05) is 32.6 Å². The highest BCUT2D eigenvalue weighted by Gasteiger charge is 2.19. The van der Waals surface area contributed by atoms with Crippen molar-refractivity contribution in [1.29, 1.82) is 0 Å². The Labute approximate surface area is 82.7 Å². The molecule has 0 amide bonds. The first-order chi connectivity index (χ1) is 6.38. The summed E-state index contributed by atoms with van der Waals surface area (Å²) >= 11 is 0. The molecule has 0 aromatic heterocycles. The molecule has 1 heterocycles. The Balaban J connectivity index is 2.32. The summed E-state index contributed by atoms with van der Waals surface area (Å²) in [5, 5.41) is 3.55. The highest BCUT2D eigenvalue weighted by atomic mass is 31.1. The maximum Gasteiger partial charge on any atom is 0.0934 e. The SMILES string of the molecule is CCCN(CCC)P1COCCN1. The Bertz CT molecular complexity index is 123. The van der Waals surface area contributed by atoms with Crippen LogP contribution in [0.25, 0.3) is 0 Å². The molecule has 1 rings (SSSR count). The van der Waals surface area contributed by atoms with Gasteiger partial charge in [0.05, 0.1) is 21.2 Å². The van der Waals surface area contributed by atoms with Crippen LogP contribution in [0, 0.1) is 0 Å². The van der Waals surface area contributed by atoms with Gasteiger partial charge in [0, 0.05) is 19.6 Å². The molecule has 78 valence electrons. The van der Waals surface area contributed by atoms with Crippen LogP contribution in [-0.2, 0) is 4.74 Å². The molecule has 1 atom stereocenters. The molecular formula is C9H21N2OP. The van der Waals surface area contributed by atoms with Crippen molar-refractivity contribution >= 4 is 8.22 Å². The van der Waals surface area contributed by atoms with Gasteiger partial charge in [0.2, 0.25) is 0 Å². The van der Waals surface area contributed by atoms with E-state index in [1.165, 1.54) is 25.9 Å². The first-order valence-corrected chi connectivity index (χ1v) is 6.70. The second-order valence-electron chi connectivity index (χ2n) is 3.30. The first kappa shape index (κ1) is 11.4. The Morgan fingerprint density at radius 3 is 2.46 bits per heavy atom. The minimum atomic E-state index is -0.186. The molecule has 0 saturated carbocycles. The van der Waals surface area contributed by atoms with Gasteiger partial charge in [0.1, 0.15) is 0 Å². The molecule has 4 heteroatoms. The number of ether oxygens (including phenoxy) is 1. The third-order valence-electron chi connectivity index (χ3n) is 2.06. The van der Waals surface area contributed by atoms with Crippen LogP contribution in [-0.4, -0.2) is 37.3 Å². The fourth-order valence-corrected chi connectivity index (χ4v) is 3.48. The van der Waals surface area contributed by atoms with Crippen LogP contribution in [0.1, 0.15) is 26.7 Å². The van der Waals surface area contributed by atoms with E-state index in [0.717, 1.165) is 19.5 Å². The van der Waals surface area contributed by atoms with Gasteiger partial charge in [-0.2, -0.15) is 0 Å². The van der Waals surface area contributed by atoms with Crippen LogP contribution in [0.15, 0.2) is 0 Å². The molecule has 0 aromatic carbocycles. The molecule has 0 aromatic rings. The predicted octanol–water partition coefficient (Wildman–Crippen LogP) is 2.00. The molecular weight excluding hydrogens is 183 g/mol. The number of rotatable bonds is 5. The van der Waals surface area contributed by atoms with E-state index in [1.807, 2.05) is 0 Å². The molecule has 3 nitrogen and oxygen atoms in total. The summed E-state index contributed by atoms with van der Waals surface area (Å²) < 4.78 is 8.03. The lowest BCUT2D eigenvalue weighted by Crippen LogP contribution is -2.33. The monoisotopic (exact) mass is 204 g/mol. The van der Waals surface area contributed by atoms with E-state index in [0.29, 0.717) is 0 Å². The average molecular weight is 204 g/mol. The maximum atomic E-state index is 5.48. The van der Waals surface area contributed by atoms with Crippen molar-refractivity contribution in [3.63, 3.8) is 0 Å². The van der Waals surface area contributed by atoms with Crippen molar-refractivity contribution in [3.8, 4) is 0 Å². The number of hydrogen-bond donors (Lipinski definition) is 1. The van der Waals surface area contributed by atoms with Crippen molar-refractivity contribution in [2.24, 2.45) is 0 Å². The van der Waals surface area contributed by atoms with Crippen LogP contribution in [0.4, 0.5) is 0 Å².